The number of rotatable bonds is 4. The van der Waals surface area contributed by atoms with E-state index in [2.05, 4.69) is 4.74 Å². The van der Waals surface area contributed by atoms with Crippen LogP contribution in [0.15, 0.2) is 24.3 Å². The van der Waals surface area contributed by atoms with Gasteiger partial charge in [0.05, 0.1) is 18.6 Å². The summed E-state index contributed by atoms with van der Waals surface area (Å²) >= 11 is 5.59. The molecule has 0 saturated carbocycles. The van der Waals surface area contributed by atoms with Crippen molar-refractivity contribution in [3.05, 3.63) is 34.9 Å². The number of Topliss-reactive ketones (excluding diaryl/α,β-unsaturated/α-hetero) is 1. The Labute approximate surface area is 105 Å². The van der Waals surface area contributed by atoms with Crippen LogP contribution in [0, 0.1) is 0 Å². The lowest BCUT2D eigenvalue weighted by molar-refractivity contribution is -0.171. The van der Waals surface area contributed by atoms with Gasteiger partial charge in [0.15, 0.2) is 0 Å². The minimum absolute atomic E-state index is 0.152. The second-order valence-corrected chi connectivity index (χ2v) is 3.75. The molecular weight excluding hydrogens is 273 g/mol. The fraction of sp³-hybridized carbons (Fsp3) is 0.273. The number of benzene rings is 1. The van der Waals surface area contributed by atoms with Gasteiger partial charge in [-0.3, -0.25) is 4.79 Å². The number of ether oxygens (including phenoxy) is 1. The molecular formula is C11H8ClF3O3. The van der Waals surface area contributed by atoms with E-state index in [1.165, 1.54) is 24.3 Å². The third kappa shape index (κ3) is 4.37. The Balaban J connectivity index is 2.43. The van der Waals surface area contributed by atoms with Crippen molar-refractivity contribution in [2.45, 2.75) is 12.6 Å². The van der Waals surface area contributed by atoms with Crippen LogP contribution in [0.1, 0.15) is 16.8 Å². The number of ketones is 1. The Morgan fingerprint density at radius 1 is 1.17 bits per heavy atom. The van der Waals surface area contributed by atoms with Gasteiger partial charge < -0.3 is 4.74 Å². The van der Waals surface area contributed by atoms with Gasteiger partial charge in [0.2, 0.25) is 5.78 Å². The first kappa shape index (κ1) is 14.5. The number of hydrogen-bond donors (Lipinski definition) is 0. The molecule has 0 radical (unpaired) electrons. The molecule has 0 spiro atoms. The van der Waals surface area contributed by atoms with Gasteiger partial charge in [-0.1, -0.05) is 11.6 Å². The molecule has 1 rings (SSSR count). The molecule has 98 valence electrons. The zero-order chi connectivity index (χ0) is 13.8. The lowest BCUT2D eigenvalue weighted by Gasteiger charge is -2.06. The van der Waals surface area contributed by atoms with Crippen molar-refractivity contribution in [2.24, 2.45) is 0 Å². The van der Waals surface area contributed by atoms with Gasteiger partial charge >= 0.3 is 12.1 Å². The highest BCUT2D eigenvalue weighted by Crippen LogP contribution is 2.18. The molecule has 0 saturated heterocycles. The largest absolute Gasteiger partial charge is 0.462 e. The predicted octanol–water partition coefficient (Wildman–Crippen LogP) is 3.02. The smallest absolute Gasteiger partial charge is 0.450 e. The fourth-order valence-electron chi connectivity index (χ4n) is 1.05. The molecule has 1 aromatic rings. The summed E-state index contributed by atoms with van der Waals surface area (Å²) in [5.41, 5.74) is 0.152. The Kier molecular flexibility index (Phi) is 4.72. The zero-order valence-corrected chi connectivity index (χ0v) is 9.72. The number of halogens is 4. The van der Waals surface area contributed by atoms with Crippen LogP contribution in [0.5, 0.6) is 0 Å². The number of carbonyl (C=O) groups is 2. The van der Waals surface area contributed by atoms with Crippen LogP contribution < -0.4 is 0 Å². The standard InChI is InChI=1S/C11H8ClF3O3/c12-8-3-1-7(2-4-8)10(17)18-6-5-9(16)11(13,14)15/h1-4H,5-6H2. The van der Waals surface area contributed by atoms with E-state index in [1.54, 1.807) is 0 Å². The number of hydrogen-bond acceptors (Lipinski definition) is 3. The van der Waals surface area contributed by atoms with Gasteiger partial charge in [-0.05, 0) is 24.3 Å². The summed E-state index contributed by atoms with van der Waals surface area (Å²) in [5, 5.41) is 0.416. The van der Waals surface area contributed by atoms with Crippen LogP contribution in [0.3, 0.4) is 0 Å². The van der Waals surface area contributed by atoms with E-state index in [0.29, 0.717) is 5.02 Å². The first-order valence-corrected chi connectivity index (χ1v) is 5.21. The SMILES string of the molecule is O=C(OCCC(=O)C(F)(F)F)c1ccc(Cl)cc1. The number of carbonyl (C=O) groups excluding carboxylic acids is 2. The van der Waals surface area contributed by atoms with Crippen molar-refractivity contribution in [2.75, 3.05) is 6.61 Å². The molecule has 0 fully saturated rings. The molecule has 0 heterocycles. The van der Waals surface area contributed by atoms with Gasteiger partial charge in [-0.15, -0.1) is 0 Å². The molecule has 0 N–H and O–H groups in total. The van der Waals surface area contributed by atoms with Crippen molar-refractivity contribution >= 4 is 23.4 Å². The number of esters is 1. The maximum atomic E-state index is 11.8. The Morgan fingerprint density at radius 3 is 2.22 bits per heavy atom. The Hall–Kier alpha value is -1.56. The van der Waals surface area contributed by atoms with Gasteiger partial charge in [-0.25, -0.2) is 4.79 Å². The summed E-state index contributed by atoms with van der Waals surface area (Å²) in [6.07, 6.45) is -5.78. The molecule has 0 amide bonds. The Morgan fingerprint density at radius 2 is 1.72 bits per heavy atom. The third-order valence-electron chi connectivity index (χ3n) is 1.96. The lowest BCUT2D eigenvalue weighted by Crippen LogP contribution is -2.24. The average Bonchev–Trinajstić information content (AvgIpc) is 2.28. The van der Waals surface area contributed by atoms with E-state index in [0.717, 1.165) is 0 Å². The van der Waals surface area contributed by atoms with Crippen molar-refractivity contribution in [1.29, 1.82) is 0 Å². The molecule has 0 unspecified atom stereocenters. The highest BCUT2D eigenvalue weighted by Gasteiger charge is 2.37. The summed E-state index contributed by atoms with van der Waals surface area (Å²) in [7, 11) is 0. The van der Waals surface area contributed by atoms with Crippen molar-refractivity contribution in [3.63, 3.8) is 0 Å². The lowest BCUT2D eigenvalue weighted by atomic mass is 10.2. The molecule has 7 heteroatoms. The normalized spacial score (nSPS) is 11.1. The van der Waals surface area contributed by atoms with Gasteiger partial charge in [0, 0.05) is 5.02 Å². The van der Waals surface area contributed by atoms with E-state index in [4.69, 9.17) is 11.6 Å². The minimum Gasteiger partial charge on any atom is -0.462 e. The highest BCUT2D eigenvalue weighted by molar-refractivity contribution is 6.30. The van der Waals surface area contributed by atoms with Crippen molar-refractivity contribution in [3.8, 4) is 0 Å². The molecule has 18 heavy (non-hydrogen) atoms. The average molecular weight is 281 g/mol. The monoisotopic (exact) mass is 280 g/mol. The summed E-state index contributed by atoms with van der Waals surface area (Å²) in [4.78, 5) is 21.8. The summed E-state index contributed by atoms with van der Waals surface area (Å²) in [5.74, 6) is -2.73. The molecule has 1 aromatic carbocycles. The summed E-state index contributed by atoms with van der Waals surface area (Å²) in [6, 6.07) is 5.63. The van der Waals surface area contributed by atoms with Gasteiger partial charge in [0.1, 0.15) is 0 Å². The molecule has 0 bridgehead atoms. The van der Waals surface area contributed by atoms with Gasteiger partial charge in [0.25, 0.3) is 0 Å². The van der Waals surface area contributed by atoms with E-state index in [9.17, 15) is 22.8 Å². The van der Waals surface area contributed by atoms with Crippen LogP contribution >= 0.6 is 11.6 Å². The van der Waals surface area contributed by atoms with Crippen LogP contribution in [0.25, 0.3) is 0 Å². The Bertz CT molecular complexity index is 440. The summed E-state index contributed by atoms with van der Waals surface area (Å²) in [6.45, 7) is -0.611. The maximum absolute atomic E-state index is 11.8. The zero-order valence-electron chi connectivity index (χ0n) is 8.96. The maximum Gasteiger partial charge on any atom is 0.450 e. The third-order valence-corrected chi connectivity index (χ3v) is 2.21. The van der Waals surface area contributed by atoms with Crippen LogP contribution in [-0.4, -0.2) is 24.5 Å². The molecule has 0 aromatic heterocycles. The first-order chi connectivity index (χ1) is 8.30. The van der Waals surface area contributed by atoms with Crippen molar-refractivity contribution in [1.82, 2.24) is 0 Å². The van der Waals surface area contributed by atoms with Crippen LogP contribution in [0.2, 0.25) is 5.02 Å². The van der Waals surface area contributed by atoms with Crippen molar-refractivity contribution < 1.29 is 27.5 Å². The van der Waals surface area contributed by atoms with E-state index < -0.39 is 31.0 Å². The topological polar surface area (TPSA) is 43.4 Å². The predicted molar refractivity (Wildman–Crippen MR) is 57.4 cm³/mol. The second-order valence-electron chi connectivity index (χ2n) is 3.31. The van der Waals surface area contributed by atoms with E-state index in [1.807, 2.05) is 0 Å². The molecule has 3 nitrogen and oxygen atoms in total. The van der Waals surface area contributed by atoms with E-state index >= 15 is 0 Å². The molecule has 0 aliphatic carbocycles. The first-order valence-electron chi connectivity index (χ1n) is 4.83. The minimum atomic E-state index is -4.90. The molecule has 0 atom stereocenters. The van der Waals surface area contributed by atoms with Gasteiger partial charge in [-0.2, -0.15) is 13.2 Å². The molecule has 0 aliphatic rings. The number of alkyl halides is 3. The van der Waals surface area contributed by atoms with E-state index in [-0.39, 0.29) is 5.56 Å². The quantitative estimate of drug-likeness (QED) is 0.796. The fourth-order valence-corrected chi connectivity index (χ4v) is 1.17. The van der Waals surface area contributed by atoms with Crippen LogP contribution in [-0.2, 0) is 9.53 Å². The molecule has 0 aliphatic heterocycles. The highest BCUT2D eigenvalue weighted by atomic mass is 35.5. The van der Waals surface area contributed by atoms with Crippen LogP contribution in [0.4, 0.5) is 13.2 Å². The summed E-state index contributed by atoms with van der Waals surface area (Å²) < 4.78 is 40.0. The second kappa shape index (κ2) is 5.86.